The van der Waals surface area contributed by atoms with Gasteiger partial charge in [-0.2, -0.15) is 0 Å². The number of amidine groups is 1. The molecule has 0 unspecified atom stereocenters. The molecule has 0 aliphatic heterocycles. The summed E-state index contributed by atoms with van der Waals surface area (Å²) in [5.41, 5.74) is 10.9. The molecule has 0 saturated carbocycles. The third kappa shape index (κ3) is 1.45. The summed E-state index contributed by atoms with van der Waals surface area (Å²) in [5, 5.41) is 10.9. The molecule has 0 fully saturated rings. The van der Waals surface area contributed by atoms with Gasteiger partial charge in [0.15, 0.2) is 5.84 Å². The Morgan fingerprint density at radius 3 is 2.75 bits per heavy atom. The minimum atomic E-state index is -0.570. The number of rotatable bonds is 1. The van der Waals surface area contributed by atoms with Gasteiger partial charge >= 0.3 is 0 Å². The van der Waals surface area contributed by atoms with E-state index >= 15 is 0 Å². The van der Waals surface area contributed by atoms with Gasteiger partial charge in [-0.25, -0.2) is 4.39 Å². The highest BCUT2D eigenvalue weighted by Gasteiger charge is 2.06. The lowest BCUT2D eigenvalue weighted by atomic mass is 10.2. The van der Waals surface area contributed by atoms with Gasteiger partial charge in [0.25, 0.3) is 0 Å². The fraction of sp³-hybridized carbons (Fsp3) is 0. The van der Waals surface area contributed by atoms with Gasteiger partial charge in [-0.1, -0.05) is 5.16 Å². The van der Waals surface area contributed by atoms with E-state index in [-0.39, 0.29) is 11.4 Å². The van der Waals surface area contributed by atoms with E-state index in [1.165, 1.54) is 12.1 Å². The summed E-state index contributed by atoms with van der Waals surface area (Å²) in [6.07, 6.45) is 0. The first kappa shape index (κ1) is 8.32. The minimum absolute atomic E-state index is 0.00231. The van der Waals surface area contributed by atoms with E-state index in [4.69, 9.17) is 16.7 Å². The van der Waals surface area contributed by atoms with Crippen LogP contribution in [0.1, 0.15) is 5.56 Å². The van der Waals surface area contributed by atoms with E-state index in [9.17, 15) is 4.39 Å². The molecule has 0 aromatic heterocycles. The van der Waals surface area contributed by atoms with Gasteiger partial charge in [0.05, 0.1) is 5.56 Å². The Bertz CT molecular complexity index is 324. The molecule has 0 spiro atoms. The highest BCUT2D eigenvalue weighted by Crippen LogP contribution is 2.11. The average molecular weight is 169 g/mol. The zero-order chi connectivity index (χ0) is 9.14. The SMILES string of the molecule is NC(=NO)c1cc(N)ccc1F. The molecule has 5 heteroatoms. The maximum Gasteiger partial charge on any atom is 0.173 e. The van der Waals surface area contributed by atoms with Crippen LogP contribution in [0.15, 0.2) is 23.4 Å². The Hall–Kier alpha value is -1.78. The standard InChI is InChI=1S/C7H8FN3O/c8-6-2-1-4(9)3-5(6)7(10)11-12/h1-3,12H,9H2,(H2,10,11). The number of oxime groups is 1. The fourth-order valence-electron chi connectivity index (χ4n) is 0.793. The van der Waals surface area contributed by atoms with E-state index in [0.29, 0.717) is 5.69 Å². The van der Waals surface area contributed by atoms with E-state index in [1.807, 2.05) is 0 Å². The first-order valence-electron chi connectivity index (χ1n) is 3.18. The number of anilines is 1. The highest BCUT2D eigenvalue weighted by atomic mass is 19.1. The van der Waals surface area contributed by atoms with Crippen LogP contribution in [-0.2, 0) is 0 Å². The van der Waals surface area contributed by atoms with Crippen molar-refractivity contribution in [3.63, 3.8) is 0 Å². The summed E-state index contributed by atoms with van der Waals surface area (Å²) >= 11 is 0. The minimum Gasteiger partial charge on any atom is -0.409 e. The highest BCUT2D eigenvalue weighted by molar-refractivity contribution is 5.97. The topological polar surface area (TPSA) is 84.6 Å². The molecule has 1 aromatic carbocycles. The molecule has 0 radical (unpaired) electrons. The van der Waals surface area contributed by atoms with Crippen molar-refractivity contribution in [2.75, 3.05) is 5.73 Å². The van der Waals surface area contributed by atoms with Crippen LogP contribution in [0, 0.1) is 5.82 Å². The predicted molar refractivity (Wildman–Crippen MR) is 43.3 cm³/mol. The number of halogens is 1. The Kier molecular flexibility index (Phi) is 2.14. The summed E-state index contributed by atoms with van der Waals surface area (Å²) in [6, 6.07) is 3.84. The summed E-state index contributed by atoms with van der Waals surface area (Å²) in [7, 11) is 0. The number of benzene rings is 1. The van der Waals surface area contributed by atoms with Crippen molar-refractivity contribution in [1.82, 2.24) is 0 Å². The molecule has 4 nitrogen and oxygen atoms in total. The van der Waals surface area contributed by atoms with Crippen LogP contribution in [0.25, 0.3) is 0 Å². The molecule has 0 saturated heterocycles. The number of hydrogen-bond donors (Lipinski definition) is 3. The first-order valence-corrected chi connectivity index (χ1v) is 3.18. The molecular formula is C7H8FN3O. The van der Waals surface area contributed by atoms with E-state index in [0.717, 1.165) is 6.07 Å². The van der Waals surface area contributed by atoms with Crippen molar-refractivity contribution in [3.8, 4) is 0 Å². The maximum atomic E-state index is 12.9. The van der Waals surface area contributed by atoms with Crippen molar-refractivity contribution in [2.45, 2.75) is 0 Å². The quantitative estimate of drug-likeness (QED) is 0.188. The third-order valence-corrected chi connectivity index (χ3v) is 1.37. The number of hydrogen-bond acceptors (Lipinski definition) is 3. The number of nitrogens with zero attached hydrogens (tertiary/aromatic N) is 1. The molecule has 0 aliphatic carbocycles. The molecule has 0 heterocycles. The third-order valence-electron chi connectivity index (χ3n) is 1.37. The van der Waals surface area contributed by atoms with Gasteiger partial charge < -0.3 is 16.7 Å². The molecule has 1 rings (SSSR count). The van der Waals surface area contributed by atoms with Gasteiger partial charge in [-0.3, -0.25) is 0 Å². The normalized spacial score (nSPS) is 11.6. The summed E-state index contributed by atoms with van der Waals surface area (Å²) in [6.45, 7) is 0. The second-order valence-corrected chi connectivity index (χ2v) is 2.22. The number of nitrogen functional groups attached to an aromatic ring is 1. The molecule has 1 aromatic rings. The zero-order valence-electron chi connectivity index (χ0n) is 6.16. The van der Waals surface area contributed by atoms with Crippen LogP contribution in [0.2, 0.25) is 0 Å². The first-order chi connectivity index (χ1) is 5.65. The van der Waals surface area contributed by atoms with Gasteiger partial charge in [-0.15, -0.1) is 0 Å². The average Bonchev–Trinajstić information content (AvgIpc) is 2.08. The predicted octanol–water partition coefficient (Wildman–Crippen LogP) is 0.502. The van der Waals surface area contributed by atoms with E-state index < -0.39 is 5.82 Å². The van der Waals surface area contributed by atoms with Crippen molar-refractivity contribution >= 4 is 11.5 Å². The van der Waals surface area contributed by atoms with E-state index in [1.54, 1.807) is 0 Å². The lowest BCUT2D eigenvalue weighted by molar-refractivity contribution is 0.318. The Balaban J connectivity index is 3.23. The van der Waals surface area contributed by atoms with Gasteiger partial charge in [-0.05, 0) is 18.2 Å². The summed E-state index contributed by atoms with van der Waals surface area (Å²) in [4.78, 5) is 0. The maximum absolute atomic E-state index is 12.9. The van der Waals surface area contributed by atoms with E-state index in [2.05, 4.69) is 5.16 Å². The van der Waals surface area contributed by atoms with Crippen LogP contribution in [0.5, 0.6) is 0 Å². The van der Waals surface area contributed by atoms with Crippen molar-refractivity contribution in [2.24, 2.45) is 10.9 Å². The molecule has 0 aliphatic rings. The summed E-state index contributed by atoms with van der Waals surface area (Å²) in [5.74, 6) is -0.862. The van der Waals surface area contributed by atoms with Crippen molar-refractivity contribution in [1.29, 1.82) is 0 Å². The Morgan fingerprint density at radius 1 is 1.50 bits per heavy atom. The second kappa shape index (κ2) is 3.08. The van der Waals surface area contributed by atoms with Gasteiger partial charge in [0, 0.05) is 5.69 Å². The number of nitrogens with two attached hydrogens (primary N) is 2. The largest absolute Gasteiger partial charge is 0.409 e. The Labute approximate surface area is 68.3 Å². The lowest BCUT2D eigenvalue weighted by Crippen LogP contribution is -2.15. The van der Waals surface area contributed by atoms with Gasteiger partial charge in [0.1, 0.15) is 5.82 Å². The van der Waals surface area contributed by atoms with Crippen LogP contribution in [-0.4, -0.2) is 11.0 Å². The Morgan fingerprint density at radius 2 is 2.17 bits per heavy atom. The smallest absolute Gasteiger partial charge is 0.173 e. The molecule has 0 amide bonds. The molecule has 0 atom stereocenters. The fourth-order valence-corrected chi connectivity index (χ4v) is 0.793. The molecule has 5 N–H and O–H groups in total. The van der Waals surface area contributed by atoms with Gasteiger partial charge in [0.2, 0.25) is 0 Å². The van der Waals surface area contributed by atoms with Crippen LogP contribution >= 0.6 is 0 Å². The van der Waals surface area contributed by atoms with Crippen molar-refractivity contribution < 1.29 is 9.60 Å². The molecule has 64 valence electrons. The molecule has 12 heavy (non-hydrogen) atoms. The van der Waals surface area contributed by atoms with Crippen molar-refractivity contribution in [3.05, 3.63) is 29.6 Å². The van der Waals surface area contributed by atoms with Crippen LogP contribution in [0.4, 0.5) is 10.1 Å². The molecule has 0 bridgehead atoms. The lowest BCUT2D eigenvalue weighted by Gasteiger charge is -2.01. The second-order valence-electron chi connectivity index (χ2n) is 2.22. The van der Waals surface area contributed by atoms with Crippen LogP contribution < -0.4 is 11.5 Å². The monoisotopic (exact) mass is 169 g/mol. The zero-order valence-corrected chi connectivity index (χ0v) is 6.16. The van der Waals surface area contributed by atoms with Crippen LogP contribution in [0.3, 0.4) is 0 Å². The molecular weight excluding hydrogens is 161 g/mol. The summed E-state index contributed by atoms with van der Waals surface area (Å²) < 4.78 is 12.9.